The predicted molar refractivity (Wildman–Crippen MR) is 75.4 cm³/mol. The number of carboxylic acids is 1. The van der Waals surface area contributed by atoms with E-state index in [1.54, 1.807) is 28.7 Å². The number of hydrogen-bond acceptors (Lipinski definition) is 3. The minimum Gasteiger partial charge on any atom is -0.478 e. The van der Waals surface area contributed by atoms with Crippen molar-refractivity contribution in [1.29, 1.82) is 0 Å². The number of rotatable bonds is 2. The summed E-state index contributed by atoms with van der Waals surface area (Å²) >= 11 is 12.3. The van der Waals surface area contributed by atoms with Crippen LogP contribution in [-0.4, -0.2) is 25.7 Å². The summed E-state index contributed by atoms with van der Waals surface area (Å²) in [6, 6.07) is 8.13. The predicted octanol–water partition coefficient (Wildman–Crippen LogP) is 3.40. The number of benzene rings is 1. The quantitative estimate of drug-likeness (QED) is 0.788. The van der Waals surface area contributed by atoms with Crippen LogP contribution in [0.25, 0.3) is 17.0 Å². The molecule has 0 bridgehead atoms. The molecule has 100 valence electrons. The summed E-state index contributed by atoms with van der Waals surface area (Å²) in [5.41, 5.74) is 1.16. The molecular weight excluding hydrogens is 301 g/mol. The largest absolute Gasteiger partial charge is 0.478 e. The van der Waals surface area contributed by atoms with E-state index in [1.165, 1.54) is 12.3 Å². The maximum atomic E-state index is 11.0. The molecule has 3 rings (SSSR count). The Balaban J connectivity index is 2.31. The van der Waals surface area contributed by atoms with Crippen molar-refractivity contribution in [1.82, 2.24) is 14.6 Å². The van der Waals surface area contributed by atoms with Crippen molar-refractivity contribution < 1.29 is 9.90 Å². The lowest BCUT2D eigenvalue weighted by atomic mass is 10.2. The van der Waals surface area contributed by atoms with Crippen LogP contribution in [0.4, 0.5) is 0 Å². The van der Waals surface area contributed by atoms with Gasteiger partial charge in [0.25, 0.3) is 0 Å². The highest BCUT2D eigenvalue weighted by Crippen LogP contribution is 2.33. The van der Waals surface area contributed by atoms with Crippen molar-refractivity contribution in [3.63, 3.8) is 0 Å². The molecule has 0 aliphatic carbocycles. The van der Waals surface area contributed by atoms with Gasteiger partial charge in [0.15, 0.2) is 11.5 Å². The second kappa shape index (κ2) is 4.77. The molecule has 2 aromatic heterocycles. The minimum atomic E-state index is -1.03. The molecule has 0 amide bonds. The lowest BCUT2D eigenvalue weighted by molar-refractivity contribution is 0.0696. The number of fused-ring (bicyclic) bond motifs is 1. The molecule has 0 unspecified atom stereocenters. The summed E-state index contributed by atoms with van der Waals surface area (Å²) in [5.74, 6) is -0.629. The number of aromatic carboxylic acids is 1. The number of nitrogens with zero attached hydrogens (tertiary/aromatic N) is 3. The number of carboxylic acid groups (broad SMARTS) is 1. The molecule has 0 saturated heterocycles. The van der Waals surface area contributed by atoms with Crippen LogP contribution in [0.15, 0.2) is 36.5 Å². The monoisotopic (exact) mass is 307 g/mol. The average Bonchev–Trinajstić information content (AvgIpc) is 2.81. The molecule has 0 saturated carbocycles. The third-order valence-corrected chi connectivity index (χ3v) is 3.47. The molecule has 0 radical (unpaired) electrons. The normalized spacial score (nSPS) is 10.9. The van der Waals surface area contributed by atoms with E-state index in [2.05, 4.69) is 10.2 Å². The van der Waals surface area contributed by atoms with Crippen LogP contribution in [0.2, 0.25) is 10.0 Å². The molecule has 20 heavy (non-hydrogen) atoms. The maximum Gasteiger partial charge on any atom is 0.337 e. The van der Waals surface area contributed by atoms with Crippen molar-refractivity contribution in [3.05, 3.63) is 52.1 Å². The summed E-state index contributed by atoms with van der Waals surface area (Å²) < 4.78 is 1.55. The van der Waals surface area contributed by atoms with Gasteiger partial charge in [-0.1, -0.05) is 29.3 Å². The van der Waals surface area contributed by atoms with E-state index < -0.39 is 5.97 Å². The van der Waals surface area contributed by atoms with Gasteiger partial charge in [-0.05, 0) is 24.3 Å². The second-order valence-electron chi connectivity index (χ2n) is 4.07. The van der Waals surface area contributed by atoms with Crippen molar-refractivity contribution in [2.24, 2.45) is 0 Å². The van der Waals surface area contributed by atoms with Gasteiger partial charge < -0.3 is 5.11 Å². The number of halogens is 2. The van der Waals surface area contributed by atoms with Gasteiger partial charge in [0, 0.05) is 6.20 Å². The van der Waals surface area contributed by atoms with Crippen LogP contribution in [0.3, 0.4) is 0 Å². The van der Waals surface area contributed by atoms with Gasteiger partial charge in [0.1, 0.15) is 0 Å². The highest BCUT2D eigenvalue weighted by atomic mass is 35.5. The van der Waals surface area contributed by atoms with Crippen LogP contribution in [0.5, 0.6) is 0 Å². The van der Waals surface area contributed by atoms with Gasteiger partial charge in [-0.15, -0.1) is 10.2 Å². The van der Waals surface area contributed by atoms with E-state index in [1.807, 2.05) is 0 Å². The average molecular weight is 308 g/mol. The van der Waals surface area contributed by atoms with E-state index in [0.717, 1.165) is 0 Å². The maximum absolute atomic E-state index is 11.0. The zero-order chi connectivity index (χ0) is 14.3. The molecule has 0 fully saturated rings. The summed E-state index contributed by atoms with van der Waals surface area (Å²) in [5, 5.41) is 17.9. The van der Waals surface area contributed by atoms with Gasteiger partial charge in [0.05, 0.1) is 21.2 Å². The Morgan fingerprint density at radius 1 is 1.10 bits per heavy atom. The van der Waals surface area contributed by atoms with Gasteiger partial charge in [-0.25, -0.2) is 4.79 Å². The Kier molecular flexibility index (Phi) is 3.08. The van der Waals surface area contributed by atoms with Crippen molar-refractivity contribution in [2.75, 3.05) is 0 Å². The first kappa shape index (κ1) is 12.9. The molecule has 0 aliphatic heterocycles. The molecule has 3 aromatic rings. The van der Waals surface area contributed by atoms with E-state index in [0.29, 0.717) is 27.1 Å². The van der Waals surface area contributed by atoms with Crippen molar-refractivity contribution >= 4 is 34.8 Å². The molecule has 2 heterocycles. The molecule has 5 nitrogen and oxygen atoms in total. The van der Waals surface area contributed by atoms with Gasteiger partial charge in [-0.3, -0.25) is 4.40 Å². The fourth-order valence-corrected chi connectivity index (χ4v) is 2.47. The van der Waals surface area contributed by atoms with E-state index >= 15 is 0 Å². The lowest BCUT2D eigenvalue weighted by Crippen LogP contribution is -1.99. The number of aromatic nitrogens is 3. The summed E-state index contributed by atoms with van der Waals surface area (Å²) in [6.07, 6.45) is 1.44. The zero-order valence-corrected chi connectivity index (χ0v) is 11.4. The fraction of sp³-hybridized carbons (Fsp3) is 0. The topological polar surface area (TPSA) is 67.5 Å². The molecule has 7 heteroatoms. The molecule has 0 atom stereocenters. The molecular formula is C13H7Cl2N3O2. The van der Waals surface area contributed by atoms with Crippen molar-refractivity contribution in [3.8, 4) is 11.4 Å². The van der Waals surface area contributed by atoms with E-state index in [4.69, 9.17) is 28.3 Å². The minimum absolute atomic E-state index is 0.127. The molecule has 0 spiro atoms. The smallest absolute Gasteiger partial charge is 0.337 e. The van der Waals surface area contributed by atoms with Crippen LogP contribution in [0, 0.1) is 0 Å². The SMILES string of the molecule is O=C(O)c1ccc2nnc(-c3c(Cl)cccc3Cl)n2c1. The summed E-state index contributed by atoms with van der Waals surface area (Å²) in [4.78, 5) is 11.0. The third kappa shape index (κ3) is 2.01. The zero-order valence-electron chi connectivity index (χ0n) is 9.92. The summed E-state index contributed by atoms with van der Waals surface area (Å²) in [6.45, 7) is 0. The Hall–Kier alpha value is -2.11. The number of carbonyl (C=O) groups is 1. The first-order valence-electron chi connectivity index (χ1n) is 5.60. The van der Waals surface area contributed by atoms with Crippen LogP contribution in [0.1, 0.15) is 10.4 Å². The fourth-order valence-electron chi connectivity index (χ4n) is 1.90. The Morgan fingerprint density at radius 2 is 1.80 bits per heavy atom. The molecule has 1 aromatic carbocycles. The summed E-state index contributed by atoms with van der Waals surface area (Å²) in [7, 11) is 0. The first-order valence-corrected chi connectivity index (χ1v) is 6.36. The highest BCUT2D eigenvalue weighted by Gasteiger charge is 2.16. The van der Waals surface area contributed by atoms with Gasteiger partial charge in [0.2, 0.25) is 0 Å². The van der Waals surface area contributed by atoms with E-state index in [9.17, 15) is 4.79 Å². The number of hydrogen-bond donors (Lipinski definition) is 1. The van der Waals surface area contributed by atoms with Gasteiger partial charge in [-0.2, -0.15) is 0 Å². The second-order valence-corrected chi connectivity index (χ2v) is 4.89. The standard InChI is InChI=1S/C13H7Cl2N3O2/c14-8-2-1-3-9(15)11(8)12-17-16-10-5-4-7(13(19)20)6-18(10)12/h1-6H,(H,19,20). The molecule has 0 aliphatic rings. The lowest BCUT2D eigenvalue weighted by Gasteiger charge is -2.05. The van der Waals surface area contributed by atoms with Crippen LogP contribution < -0.4 is 0 Å². The Bertz CT molecular complexity index is 809. The van der Waals surface area contributed by atoms with E-state index in [-0.39, 0.29) is 5.56 Å². The van der Waals surface area contributed by atoms with Crippen molar-refractivity contribution in [2.45, 2.75) is 0 Å². The Labute approximate surface area is 123 Å². The third-order valence-electron chi connectivity index (χ3n) is 2.84. The highest BCUT2D eigenvalue weighted by molar-refractivity contribution is 6.39. The number of pyridine rings is 1. The molecule has 1 N–H and O–H groups in total. The Morgan fingerprint density at radius 3 is 2.45 bits per heavy atom. The first-order chi connectivity index (χ1) is 9.58. The van der Waals surface area contributed by atoms with Gasteiger partial charge >= 0.3 is 5.97 Å². The van der Waals surface area contributed by atoms with Crippen LogP contribution in [-0.2, 0) is 0 Å². The van der Waals surface area contributed by atoms with Crippen LogP contribution >= 0.6 is 23.2 Å².